The van der Waals surface area contributed by atoms with Crippen LogP contribution in [0, 0.1) is 11.8 Å². The van der Waals surface area contributed by atoms with Crippen molar-refractivity contribution in [1.82, 2.24) is 10.2 Å². The highest BCUT2D eigenvalue weighted by molar-refractivity contribution is 5.77. The quantitative estimate of drug-likeness (QED) is 0.828. The van der Waals surface area contributed by atoms with Gasteiger partial charge in [-0.15, -0.1) is 0 Å². The van der Waals surface area contributed by atoms with E-state index in [1.807, 2.05) is 13.8 Å². The van der Waals surface area contributed by atoms with Gasteiger partial charge in [-0.1, -0.05) is 6.92 Å². The van der Waals surface area contributed by atoms with Gasteiger partial charge in [-0.2, -0.15) is 0 Å². The van der Waals surface area contributed by atoms with Gasteiger partial charge in [-0.25, -0.2) is 4.79 Å². The highest BCUT2D eigenvalue weighted by atomic mass is 16.5. The van der Waals surface area contributed by atoms with Crippen LogP contribution in [-0.4, -0.2) is 53.8 Å². The molecule has 1 heterocycles. The fourth-order valence-corrected chi connectivity index (χ4v) is 3.45. The first kappa shape index (κ1) is 16.1. The molecule has 1 saturated heterocycles. The molecule has 120 valence electrons. The molecule has 1 saturated carbocycles. The Balaban J connectivity index is 1.91. The summed E-state index contributed by atoms with van der Waals surface area (Å²) in [5, 5.41) is 12.2. The fraction of sp³-hybridized carbons (Fsp3) is 0.867. The van der Waals surface area contributed by atoms with E-state index < -0.39 is 11.9 Å². The van der Waals surface area contributed by atoms with Crippen LogP contribution in [0.4, 0.5) is 4.79 Å². The van der Waals surface area contributed by atoms with E-state index >= 15 is 0 Å². The summed E-state index contributed by atoms with van der Waals surface area (Å²) in [6.07, 6.45) is 3.71. The molecule has 2 amide bonds. The first-order chi connectivity index (χ1) is 10.0. The number of amides is 2. The lowest BCUT2D eigenvalue weighted by Crippen LogP contribution is -2.53. The zero-order valence-electron chi connectivity index (χ0n) is 12.9. The first-order valence-electron chi connectivity index (χ1n) is 7.91. The number of rotatable bonds is 4. The Labute approximate surface area is 125 Å². The van der Waals surface area contributed by atoms with Crippen LogP contribution >= 0.6 is 0 Å². The van der Waals surface area contributed by atoms with Crippen LogP contribution in [0.25, 0.3) is 0 Å². The molecule has 1 aliphatic heterocycles. The Morgan fingerprint density at radius 3 is 2.76 bits per heavy atom. The number of carboxylic acids is 1. The highest BCUT2D eigenvalue weighted by Gasteiger charge is 2.34. The molecule has 0 radical (unpaired) electrons. The summed E-state index contributed by atoms with van der Waals surface area (Å²) in [4.78, 5) is 25.2. The van der Waals surface area contributed by atoms with Crippen molar-refractivity contribution >= 4 is 12.0 Å². The number of piperidine rings is 1. The zero-order chi connectivity index (χ0) is 15.4. The maximum absolute atomic E-state index is 12.4. The van der Waals surface area contributed by atoms with Crippen molar-refractivity contribution in [2.75, 3.05) is 19.7 Å². The zero-order valence-corrected chi connectivity index (χ0v) is 12.9. The van der Waals surface area contributed by atoms with Gasteiger partial charge in [0, 0.05) is 19.7 Å². The third kappa shape index (κ3) is 4.09. The van der Waals surface area contributed by atoms with Crippen LogP contribution in [0.5, 0.6) is 0 Å². The van der Waals surface area contributed by atoms with Crippen LogP contribution in [0.15, 0.2) is 0 Å². The molecule has 0 spiro atoms. The Bertz CT molecular complexity index is 388. The lowest BCUT2D eigenvalue weighted by Gasteiger charge is -2.35. The average molecular weight is 298 g/mol. The third-order valence-corrected chi connectivity index (χ3v) is 4.44. The van der Waals surface area contributed by atoms with Crippen LogP contribution in [0.1, 0.15) is 39.5 Å². The Morgan fingerprint density at radius 1 is 1.33 bits per heavy atom. The molecule has 0 bridgehead atoms. The largest absolute Gasteiger partial charge is 0.481 e. The lowest BCUT2D eigenvalue weighted by atomic mass is 9.91. The molecule has 2 N–H and O–H groups in total. The smallest absolute Gasteiger partial charge is 0.317 e. The minimum absolute atomic E-state index is 0.0537. The maximum Gasteiger partial charge on any atom is 0.317 e. The van der Waals surface area contributed by atoms with Crippen molar-refractivity contribution in [2.24, 2.45) is 11.8 Å². The molecule has 6 nitrogen and oxygen atoms in total. The normalized spacial score (nSPS) is 33.0. The molecule has 2 aliphatic rings. The number of nitrogens with zero attached hydrogens (tertiary/aromatic N) is 1. The number of hydrogen-bond acceptors (Lipinski definition) is 3. The minimum Gasteiger partial charge on any atom is -0.481 e. The Hall–Kier alpha value is -1.30. The first-order valence-corrected chi connectivity index (χ1v) is 7.91. The second-order valence-electron chi connectivity index (χ2n) is 6.26. The third-order valence-electron chi connectivity index (χ3n) is 4.44. The van der Waals surface area contributed by atoms with Gasteiger partial charge in [0.15, 0.2) is 0 Å². The van der Waals surface area contributed by atoms with Gasteiger partial charge in [-0.05, 0) is 38.5 Å². The summed E-state index contributed by atoms with van der Waals surface area (Å²) in [5.41, 5.74) is 0. The molecule has 2 unspecified atom stereocenters. The van der Waals surface area contributed by atoms with Crippen molar-refractivity contribution in [3.8, 4) is 0 Å². The summed E-state index contributed by atoms with van der Waals surface area (Å²) in [6, 6.07) is -0.0950. The molecule has 2 fully saturated rings. The number of urea groups is 1. The summed E-state index contributed by atoms with van der Waals surface area (Å²) >= 11 is 0. The van der Waals surface area contributed by atoms with Crippen molar-refractivity contribution < 1.29 is 19.4 Å². The van der Waals surface area contributed by atoms with E-state index in [0.717, 1.165) is 19.3 Å². The van der Waals surface area contributed by atoms with Crippen molar-refractivity contribution in [1.29, 1.82) is 0 Å². The molecule has 0 aromatic carbocycles. The molecule has 6 heteroatoms. The highest BCUT2D eigenvalue weighted by Crippen LogP contribution is 2.24. The average Bonchev–Trinajstić information content (AvgIpc) is 2.85. The topological polar surface area (TPSA) is 78.9 Å². The second kappa shape index (κ2) is 7.11. The number of carbonyl (C=O) groups is 2. The Kier molecular flexibility index (Phi) is 5.45. The van der Waals surface area contributed by atoms with E-state index in [0.29, 0.717) is 26.1 Å². The standard InChI is InChI=1S/C15H26N2O4/c1-3-21-13-6-4-5-12(13)16-15(20)17-8-10(2)7-11(9-17)14(18)19/h10-13H,3-9H2,1-2H3,(H,16,20)(H,18,19)/t10?,11?,12-,13-/m1/s1. The van der Waals surface area contributed by atoms with Crippen LogP contribution < -0.4 is 5.32 Å². The van der Waals surface area contributed by atoms with Crippen molar-refractivity contribution in [2.45, 2.75) is 51.7 Å². The predicted octanol–water partition coefficient (Wildman–Crippen LogP) is 1.70. The lowest BCUT2D eigenvalue weighted by molar-refractivity contribution is -0.143. The number of carboxylic acid groups (broad SMARTS) is 1. The van der Waals surface area contributed by atoms with Gasteiger partial charge in [0.05, 0.1) is 18.1 Å². The molecular weight excluding hydrogens is 272 g/mol. The molecular formula is C15H26N2O4. The molecule has 0 aromatic heterocycles. The number of likely N-dealkylation sites (tertiary alicyclic amines) is 1. The number of aliphatic carboxylic acids is 1. The van der Waals surface area contributed by atoms with Crippen molar-refractivity contribution in [3.05, 3.63) is 0 Å². The Morgan fingerprint density at radius 2 is 2.10 bits per heavy atom. The van der Waals surface area contributed by atoms with E-state index in [1.165, 1.54) is 0 Å². The predicted molar refractivity (Wildman–Crippen MR) is 78.1 cm³/mol. The van der Waals surface area contributed by atoms with E-state index in [-0.39, 0.29) is 24.1 Å². The van der Waals surface area contributed by atoms with Gasteiger partial charge >= 0.3 is 12.0 Å². The SMILES string of the molecule is CCO[C@@H]1CCC[C@H]1NC(=O)N1CC(C)CC(C(=O)O)C1. The minimum atomic E-state index is -0.813. The molecule has 21 heavy (non-hydrogen) atoms. The van der Waals surface area contributed by atoms with E-state index in [9.17, 15) is 14.7 Å². The van der Waals surface area contributed by atoms with Crippen LogP contribution in [0.2, 0.25) is 0 Å². The molecule has 1 aliphatic carbocycles. The van der Waals surface area contributed by atoms with Gasteiger partial charge in [-0.3, -0.25) is 4.79 Å². The van der Waals surface area contributed by atoms with Gasteiger partial charge in [0.1, 0.15) is 0 Å². The van der Waals surface area contributed by atoms with E-state index in [4.69, 9.17) is 4.74 Å². The van der Waals surface area contributed by atoms with Crippen molar-refractivity contribution in [3.63, 3.8) is 0 Å². The van der Waals surface area contributed by atoms with Crippen LogP contribution in [-0.2, 0) is 9.53 Å². The molecule has 0 aromatic rings. The number of carbonyl (C=O) groups excluding carboxylic acids is 1. The second-order valence-corrected chi connectivity index (χ2v) is 6.26. The van der Waals surface area contributed by atoms with Gasteiger partial charge in [0.2, 0.25) is 0 Å². The summed E-state index contributed by atoms with van der Waals surface area (Å²) in [7, 11) is 0. The van der Waals surface area contributed by atoms with E-state index in [2.05, 4.69) is 5.32 Å². The molecule has 4 atom stereocenters. The van der Waals surface area contributed by atoms with E-state index in [1.54, 1.807) is 4.90 Å². The number of hydrogen-bond donors (Lipinski definition) is 2. The monoisotopic (exact) mass is 298 g/mol. The van der Waals surface area contributed by atoms with Gasteiger partial charge in [0.25, 0.3) is 0 Å². The van der Waals surface area contributed by atoms with Gasteiger partial charge < -0.3 is 20.1 Å². The summed E-state index contributed by atoms with van der Waals surface area (Å²) < 4.78 is 5.66. The summed E-state index contributed by atoms with van der Waals surface area (Å²) in [5.74, 6) is -1.05. The number of nitrogens with one attached hydrogen (secondary N) is 1. The fourth-order valence-electron chi connectivity index (χ4n) is 3.45. The number of ether oxygens (including phenoxy) is 1. The maximum atomic E-state index is 12.4. The summed E-state index contributed by atoms with van der Waals surface area (Å²) in [6.45, 7) is 5.53. The molecule has 2 rings (SSSR count). The van der Waals surface area contributed by atoms with Crippen LogP contribution in [0.3, 0.4) is 0 Å².